The Morgan fingerprint density at radius 3 is 2.39 bits per heavy atom. The molecule has 3 heterocycles. The highest BCUT2D eigenvalue weighted by atomic mass is 19.1. The number of anilines is 1. The van der Waals surface area contributed by atoms with E-state index in [0.29, 0.717) is 69.7 Å². The van der Waals surface area contributed by atoms with Crippen molar-refractivity contribution < 1.29 is 23.5 Å². The number of carbonyl (C=O) groups excluding carboxylic acids is 3. The summed E-state index contributed by atoms with van der Waals surface area (Å²) in [6.07, 6.45) is 1.75. The van der Waals surface area contributed by atoms with Gasteiger partial charge in [0, 0.05) is 63.0 Å². The van der Waals surface area contributed by atoms with Crippen molar-refractivity contribution >= 4 is 23.6 Å². The summed E-state index contributed by atoms with van der Waals surface area (Å²) in [6.45, 7) is 3.13. The third-order valence-corrected chi connectivity index (χ3v) is 8.22. The fourth-order valence-corrected chi connectivity index (χ4v) is 6.05. The zero-order chi connectivity index (χ0) is 25.1. The number of fused-ring (bicyclic) bond motifs is 2. The number of esters is 1. The van der Waals surface area contributed by atoms with E-state index in [2.05, 4.69) is 10.2 Å². The molecule has 3 aliphatic heterocycles. The monoisotopic (exact) mass is 492 g/mol. The minimum Gasteiger partial charge on any atom is -0.449 e. The fraction of sp³-hybridized carbons (Fsp3) is 0.444. The van der Waals surface area contributed by atoms with Crippen LogP contribution in [0.2, 0.25) is 0 Å². The molecular formula is C27H29FN4O4. The van der Waals surface area contributed by atoms with Gasteiger partial charge in [-0.1, -0.05) is 24.3 Å². The predicted molar refractivity (Wildman–Crippen MR) is 130 cm³/mol. The molecule has 3 amide bonds. The SMILES string of the molecule is CNC(=O)N1CCN(c2ccc(C3(C(=O)N4CCC5(C4)OC(=O)c4ccccc45)CC3)c(F)c2)CC1. The van der Waals surface area contributed by atoms with Crippen LogP contribution in [0.25, 0.3) is 0 Å². The Morgan fingerprint density at radius 2 is 1.69 bits per heavy atom. The summed E-state index contributed by atoms with van der Waals surface area (Å²) in [6, 6.07) is 12.4. The molecule has 1 saturated carbocycles. The van der Waals surface area contributed by atoms with Gasteiger partial charge in [-0.05, 0) is 31.0 Å². The number of ether oxygens (including phenoxy) is 1. The van der Waals surface area contributed by atoms with Crippen molar-refractivity contribution in [2.75, 3.05) is 51.2 Å². The Labute approximate surface area is 209 Å². The standard InChI is InChI=1S/C27H29FN4O4/c1-29-25(35)31-14-12-30(13-15-31)18-6-7-21(22(28)16-18)26(8-9-26)24(34)32-11-10-27(17-32)20-5-3-2-4-19(20)23(33)36-27/h2-7,16H,8-15,17H2,1H3,(H,29,35). The minimum absolute atomic E-state index is 0.0920. The van der Waals surface area contributed by atoms with Gasteiger partial charge in [-0.25, -0.2) is 14.0 Å². The number of urea groups is 1. The van der Waals surface area contributed by atoms with Gasteiger partial charge in [0.05, 0.1) is 17.5 Å². The number of nitrogens with one attached hydrogen (secondary N) is 1. The summed E-state index contributed by atoms with van der Waals surface area (Å²) in [4.78, 5) is 43.5. The van der Waals surface area contributed by atoms with E-state index >= 15 is 4.39 Å². The first-order valence-corrected chi connectivity index (χ1v) is 12.5. The number of nitrogens with zero attached hydrogens (tertiary/aromatic N) is 3. The van der Waals surface area contributed by atoms with E-state index in [-0.39, 0.29) is 23.7 Å². The van der Waals surface area contributed by atoms with Crippen LogP contribution in [0.3, 0.4) is 0 Å². The smallest absolute Gasteiger partial charge is 0.339 e. The molecule has 1 atom stereocenters. The van der Waals surface area contributed by atoms with Crippen molar-refractivity contribution in [3.63, 3.8) is 0 Å². The number of benzene rings is 2. The van der Waals surface area contributed by atoms with Gasteiger partial charge in [-0.15, -0.1) is 0 Å². The minimum atomic E-state index is -0.853. The maximum Gasteiger partial charge on any atom is 0.339 e. The highest BCUT2D eigenvalue weighted by molar-refractivity contribution is 5.96. The summed E-state index contributed by atoms with van der Waals surface area (Å²) in [5.74, 6) is -0.817. The number of rotatable bonds is 3. The van der Waals surface area contributed by atoms with E-state index in [1.807, 2.05) is 24.3 Å². The zero-order valence-corrected chi connectivity index (χ0v) is 20.3. The molecule has 188 valence electrons. The first kappa shape index (κ1) is 22.8. The molecule has 9 heteroatoms. The van der Waals surface area contributed by atoms with Crippen molar-refractivity contribution in [1.82, 2.24) is 15.1 Å². The van der Waals surface area contributed by atoms with Crippen LogP contribution >= 0.6 is 0 Å². The van der Waals surface area contributed by atoms with Crippen LogP contribution < -0.4 is 10.2 Å². The molecule has 2 aromatic carbocycles. The number of amides is 3. The van der Waals surface area contributed by atoms with Crippen LogP contribution in [0.1, 0.15) is 40.7 Å². The molecule has 4 aliphatic rings. The number of hydrogen-bond acceptors (Lipinski definition) is 5. The summed E-state index contributed by atoms with van der Waals surface area (Å²) >= 11 is 0. The lowest BCUT2D eigenvalue weighted by Gasteiger charge is -2.36. The van der Waals surface area contributed by atoms with Crippen LogP contribution in [0.15, 0.2) is 42.5 Å². The van der Waals surface area contributed by atoms with E-state index in [0.717, 1.165) is 11.3 Å². The van der Waals surface area contributed by atoms with Crippen molar-refractivity contribution in [2.24, 2.45) is 0 Å². The van der Waals surface area contributed by atoms with E-state index in [1.54, 1.807) is 29.0 Å². The van der Waals surface area contributed by atoms with Crippen LogP contribution in [-0.2, 0) is 20.5 Å². The van der Waals surface area contributed by atoms with Gasteiger partial charge < -0.3 is 24.8 Å². The van der Waals surface area contributed by atoms with E-state index in [1.165, 1.54) is 6.07 Å². The van der Waals surface area contributed by atoms with Crippen LogP contribution in [0.5, 0.6) is 0 Å². The third kappa shape index (κ3) is 3.43. The third-order valence-electron chi connectivity index (χ3n) is 8.22. The molecule has 1 N–H and O–H groups in total. The summed E-state index contributed by atoms with van der Waals surface area (Å²) in [5, 5.41) is 2.63. The first-order chi connectivity index (χ1) is 17.4. The van der Waals surface area contributed by atoms with E-state index < -0.39 is 11.0 Å². The van der Waals surface area contributed by atoms with Gasteiger partial charge in [-0.2, -0.15) is 0 Å². The zero-order valence-electron chi connectivity index (χ0n) is 20.3. The lowest BCUT2D eigenvalue weighted by atomic mass is 9.91. The molecule has 1 unspecified atom stereocenters. The molecule has 6 rings (SSSR count). The fourth-order valence-electron chi connectivity index (χ4n) is 6.05. The first-order valence-electron chi connectivity index (χ1n) is 12.5. The number of piperazine rings is 1. The molecule has 3 fully saturated rings. The van der Waals surface area contributed by atoms with Crippen LogP contribution in [0, 0.1) is 5.82 Å². The maximum atomic E-state index is 15.4. The summed E-state index contributed by atoms with van der Waals surface area (Å²) < 4.78 is 21.2. The molecule has 0 radical (unpaired) electrons. The Kier molecular flexibility index (Phi) is 5.21. The number of likely N-dealkylation sites (tertiary alicyclic amines) is 1. The molecular weight excluding hydrogens is 463 g/mol. The average molecular weight is 493 g/mol. The quantitative estimate of drug-likeness (QED) is 0.667. The molecule has 0 bridgehead atoms. The second-order valence-corrected chi connectivity index (χ2v) is 10.2. The van der Waals surface area contributed by atoms with Gasteiger partial charge >= 0.3 is 12.0 Å². The Bertz CT molecular complexity index is 1250. The number of hydrogen-bond donors (Lipinski definition) is 1. The molecule has 2 saturated heterocycles. The van der Waals surface area contributed by atoms with E-state index in [4.69, 9.17) is 4.74 Å². The molecule has 8 nitrogen and oxygen atoms in total. The van der Waals surface area contributed by atoms with Crippen LogP contribution in [-0.4, -0.2) is 74.0 Å². The van der Waals surface area contributed by atoms with Gasteiger partial charge in [0.2, 0.25) is 5.91 Å². The second kappa shape index (κ2) is 8.21. The Morgan fingerprint density at radius 1 is 0.944 bits per heavy atom. The lowest BCUT2D eigenvalue weighted by Crippen LogP contribution is -2.51. The second-order valence-electron chi connectivity index (χ2n) is 10.2. The molecule has 2 aromatic rings. The lowest BCUT2D eigenvalue weighted by molar-refractivity contribution is -0.134. The Hall–Kier alpha value is -3.62. The molecule has 36 heavy (non-hydrogen) atoms. The highest BCUT2D eigenvalue weighted by Gasteiger charge is 2.58. The largest absolute Gasteiger partial charge is 0.449 e. The van der Waals surface area contributed by atoms with E-state index in [9.17, 15) is 14.4 Å². The molecule has 1 aliphatic carbocycles. The van der Waals surface area contributed by atoms with Gasteiger partial charge in [0.1, 0.15) is 5.82 Å². The molecule has 0 aromatic heterocycles. The number of carbonyl (C=O) groups is 3. The van der Waals surface area contributed by atoms with Crippen LogP contribution in [0.4, 0.5) is 14.9 Å². The van der Waals surface area contributed by atoms with Gasteiger partial charge in [0.15, 0.2) is 5.60 Å². The maximum absolute atomic E-state index is 15.4. The normalized spacial score (nSPS) is 24.1. The van der Waals surface area contributed by atoms with Gasteiger partial charge in [-0.3, -0.25) is 4.79 Å². The van der Waals surface area contributed by atoms with Crippen molar-refractivity contribution in [1.29, 1.82) is 0 Å². The summed E-state index contributed by atoms with van der Waals surface area (Å²) in [5.41, 5.74) is 0.927. The van der Waals surface area contributed by atoms with Crippen molar-refractivity contribution in [3.8, 4) is 0 Å². The number of halogens is 1. The Balaban J connectivity index is 1.18. The topological polar surface area (TPSA) is 82.2 Å². The van der Waals surface area contributed by atoms with Crippen molar-refractivity contribution in [2.45, 2.75) is 30.3 Å². The summed E-state index contributed by atoms with van der Waals surface area (Å²) in [7, 11) is 1.61. The highest BCUT2D eigenvalue weighted by Crippen LogP contribution is 2.53. The average Bonchev–Trinajstić information content (AvgIpc) is 3.52. The van der Waals surface area contributed by atoms with Gasteiger partial charge in [0.25, 0.3) is 0 Å². The predicted octanol–water partition coefficient (Wildman–Crippen LogP) is 2.62. The van der Waals surface area contributed by atoms with Crippen molar-refractivity contribution in [3.05, 3.63) is 65.0 Å². The molecule has 1 spiro atoms.